The van der Waals surface area contributed by atoms with E-state index in [4.69, 9.17) is 0 Å². The lowest BCUT2D eigenvalue weighted by molar-refractivity contribution is -0.122. The molecule has 2 aromatic heterocycles. The van der Waals surface area contributed by atoms with Crippen LogP contribution in [0.3, 0.4) is 0 Å². The van der Waals surface area contributed by atoms with Crippen molar-refractivity contribution in [1.82, 2.24) is 31.2 Å². The Bertz CT molecular complexity index is 877. The van der Waals surface area contributed by atoms with Crippen LogP contribution in [-0.2, 0) is 9.59 Å². The van der Waals surface area contributed by atoms with Gasteiger partial charge in [0.15, 0.2) is 0 Å². The van der Waals surface area contributed by atoms with E-state index in [2.05, 4.69) is 31.2 Å². The van der Waals surface area contributed by atoms with Crippen LogP contribution in [0.1, 0.15) is 66.7 Å². The van der Waals surface area contributed by atoms with Crippen molar-refractivity contribution in [3.8, 4) is 0 Å². The van der Waals surface area contributed by atoms with E-state index in [0.29, 0.717) is 24.2 Å². The SMILES string of the molecule is CC(NCCCCCCCNC(C)C(=O)NC(=O)c1ccncc1)C(=O)NC(=O)c1ccncc1. The highest BCUT2D eigenvalue weighted by atomic mass is 16.2. The first-order chi connectivity index (χ1) is 16.9. The lowest BCUT2D eigenvalue weighted by atomic mass is 10.1. The monoisotopic (exact) mass is 482 g/mol. The van der Waals surface area contributed by atoms with Crippen molar-refractivity contribution in [1.29, 1.82) is 0 Å². The molecule has 4 N–H and O–H groups in total. The van der Waals surface area contributed by atoms with Crippen LogP contribution in [0, 0.1) is 0 Å². The fraction of sp³-hybridized carbons (Fsp3) is 0.440. The Morgan fingerprint density at radius 2 is 0.971 bits per heavy atom. The maximum atomic E-state index is 12.1. The zero-order valence-electron chi connectivity index (χ0n) is 20.3. The number of nitrogens with zero attached hydrogens (tertiary/aromatic N) is 2. The van der Waals surface area contributed by atoms with Crippen LogP contribution in [-0.4, -0.2) is 58.8 Å². The lowest BCUT2D eigenvalue weighted by Crippen LogP contribution is -2.44. The zero-order valence-corrected chi connectivity index (χ0v) is 20.3. The number of carbonyl (C=O) groups is 4. The summed E-state index contributed by atoms with van der Waals surface area (Å²) in [6.45, 7) is 4.81. The summed E-state index contributed by atoms with van der Waals surface area (Å²) in [6, 6.07) is 5.27. The van der Waals surface area contributed by atoms with Gasteiger partial charge in [0, 0.05) is 35.9 Å². The van der Waals surface area contributed by atoms with Gasteiger partial charge >= 0.3 is 0 Å². The van der Waals surface area contributed by atoms with Gasteiger partial charge in [-0.3, -0.25) is 39.8 Å². The van der Waals surface area contributed by atoms with Crippen LogP contribution in [0.25, 0.3) is 0 Å². The lowest BCUT2D eigenvalue weighted by Gasteiger charge is -2.14. The summed E-state index contributed by atoms with van der Waals surface area (Å²) in [5, 5.41) is 11.0. The Morgan fingerprint density at radius 3 is 1.34 bits per heavy atom. The second-order valence-corrected chi connectivity index (χ2v) is 8.23. The van der Waals surface area contributed by atoms with Crippen molar-refractivity contribution in [2.24, 2.45) is 0 Å². The van der Waals surface area contributed by atoms with Gasteiger partial charge in [-0.05, 0) is 64.0 Å². The highest BCUT2D eigenvalue weighted by Crippen LogP contribution is 2.03. The molecule has 2 heterocycles. The largest absolute Gasteiger partial charge is 0.306 e. The van der Waals surface area contributed by atoms with Crippen molar-refractivity contribution in [2.75, 3.05) is 13.1 Å². The van der Waals surface area contributed by atoms with Gasteiger partial charge in [0.25, 0.3) is 11.8 Å². The maximum Gasteiger partial charge on any atom is 0.257 e. The smallest absolute Gasteiger partial charge is 0.257 e. The normalized spacial score (nSPS) is 12.4. The number of unbranched alkanes of at least 4 members (excludes halogenated alkanes) is 4. The molecule has 0 spiro atoms. The third-order valence-electron chi connectivity index (χ3n) is 5.40. The first-order valence-corrected chi connectivity index (χ1v) is 11.9. The standard InChI is InChI=1S/C25H34N6O4/c1-18(22(32)30-24(34)20-8-14-26-15-9-20)28-12-6-4-3-5-7-13-29-19(2)23(33)31-25(35)21-10-16-27-17-11-21/h8-11,14-19,28-29H,3-7,12-13H2,1-2H3,(H,30,32,34)(H,31,33,35). The van der Waals surface area contributed by atoms with Crippen molar-refractivity contribution >= 4 is 23.6 Å². The average Bonchev–Trinajstić information content (AvgIpc) is 2.88. The molecule has 0 radical (unpaired) electrons. The Kier molecular flexibility index (Phi) is 12.2. The van der Waals surface area contributed by atoms with Gasteiger partial charge in [0.05, 0.1) is 12.1 Å². The molecule has 188 valence electrons. The van der Waals surface area contributed by atoms with E-state index in [0.717, 1.165) is 32.1 Å². The van der Waals surface area contributed by atoms with E-state index >= 15 is 0 Å². The molecule has 0 aliphatic rings. The molecule has 2 atom stereocenters. The van der Waals surface area contributed by atoms with Gasteiger partial charge in [-0.1, -0.05) is 19.3 Å². The Labute approximate surface area is 205 Å². The molecule has 2 rings (SSSR count). The van der Waals surface area contributed by atoms with Crippen LogP contribution in [0.15, 0.2) is 49.1 Å². The highest BCUT2D eigenvalue weighted by molar-refractivity contribution is 6.06. The van der Waals surface area contributed by atoms with Crippen LogP contribution in [0.2, 0.25) is 0 Å². The van der Waals surface area contributed by atoms with E-state index < -0.39 is 23.9 Å². The molecule has 10 nitrogen and oxygen atoms in total. The molecular weight excluding hydrogens is 448 g/mol. The van der Waals surface area contributed by atoms with Crippen molar-refractivity contribution < 1.29 is 19.2 Å². The summed E-state index contributed by atoms with van der Waals surface area (Å²) in [7, 11) is 0. The molecule has 10 heteroatoms. The molecule has 0 saturated carbocycles. The molecule has 4 amide bonds. The average molecular weight is 483 g/mol. The van der Waals surface area contributed by atoms with Crippen LogP contribution >= 0.6 is 0 Å². The first-order valence-electron chi connectivity index (χ1n) is 11.9. The summed E-state index contributed by atoms with van der Waals surface area (Å²) in [4.78, 5) is 56.0. The predicted octanol–water partition coefficient (Wildman–Crippen LogP) is 1.60. The summed E-state index contributed by atoms with van der Waals surface area (Å²) < 4.78 is 0. The van der Waals surface area contributed by atoms with E-state index in [1.54, 1.807) is 38.1 Å². The third-order valence-corrected chi connectivity index (χ3v) is 5.40. The summed E-state index contributed by atoms with van der Waals surface area (Å²) >= 11 is 0. The van der Waals surface area contributed by atoms with Gasteiger partial charge < -0.3 is 10.6 Å². The Balaban J connectivity index is 1.48. The zero-order chi connectivity index (χ0) is 25.5. The molecule has 35 heavy (non-hydrogen) atoms. The molecular formula is C25H34N6O4. The highest BCUT2D eigenvalue weighted by Gasteiger charge is 2.17. The second kappa shape index (κ2) is 15.4. The van der Waals surface area contributed by atoms with E-state index in [1.807, 2.05) is 0 Å². The molecule has 0 bridgehead atoms. The minimum Gasteiger partial charge on any atom is -0.306 e. The van der Waals surface area contributed by atoms with Crippen molar-refractivity contribution in [3.05, 3.63) is 60.2 Å². The molecule has 0 aliphatic heterocycles. The minimum atomic E-state index is -0.469. The fourth-order valence-electron chi connectivity index (χ4n) is 3.19. The van der Waals surface area contributed by atoms with Gasteiger partial charge in [-0.2, -0.15) is 0 Å². The fourth-order valence-corrected chi connectivity index (χ4v) is 3.19. The summed E-state index contributed by atoms with van der Waals surface area (Å²) in [6.07, 6.45) is 10.9. The number of aromatic nitrogens is 2. The first kappa shape index (κ1) is 27.7. The van der Waals surface area contributed by atoms with E-state index in [-0.39, 0.29) is 11.8 Å². The maximum absolute atomic E-state index is 12.1. The number of nitrogens with one attached hydrogen (secondary N) is 4. The van der Waals surface area contributed by atoms with Gasteiger partial charge in [-0.25, -0.2) is 0 Å². The summed E-state index contributed by atoms with van der Waals surface area (Å²) in [5.74, 6) is -1.60. The number of hydrogen-bond acceptors (Lipinski definition) is 8. The second-order valence-electron chi connectivity index (χ2n) is 8.23. The van der Waals surface area contributed by atoms with Gasteiger partial charge in [0.1, 0.15) is 0 Å². The van der Waals surface area contributed by atoms with E-state index in [9.17, 15) is 19.2 Å². The summed E-state index contributed by atoms with van der Waals surface area (Å²) in [5.41, 5.74) is 0.784. The number of pyridine rings is 2. The predicted molar refractivity (Wildman–Crippen MR) is 131 cm³/mol. The van der Waals surface area contributed by atoms with Gasteiger partial charge in [-0.15, -0.1) is 0 Å². The molecule has 0 aromatic carbocycles. The van der Waals surface area contributed by atoms with Crippen molar-refractivity contribution in [3.63, 3.8) is 0 Å². The molecule has 0 saturated heterocycles. The number of imide groups is 2. The van der Waals surface area contributed by atoms with E-state index in [1.165, 1.54) is 24.8 Å². The molecule has 2 aromatic rings. The quantitative estimate of drug-likeness (QED) is 0.298. The minimum absolute atomic E-state index is 0.362. The topological polar surface area (TPSA) is 142 Å². The third kappa shape index (κ3) is 10.5. The number of amides is 4. The van der Waals surface area contributed by atoms with Gasteiger partial charge in [0.2, 0.25) is 11.8 Å². The number of carbonyl (C=O) groups excluding carboxylic acids is 4. The molecule has 0 fully saturated rings. The van der Waals surface area contributed by atoms with Crippen LogP contribution in [0.4, 0.5) is 0 Å². The van der Waals surface area contributed by atoms with Crippen LogP contribution < -0.4 is 21.3 Å². The number of rotatable bonds is 14. The van der Waals surface area contributed by atoms with Crippen molar-refractivity contribution in [2.45, 2.75) is 58.0 Å². The Hall–Kier alpha value is -3.50. The molecule has 2 unspecified atom stereocenters. The molecule has 0 aliphatic carbocycles. The Morgan fingerprint density at radius 1 is 0.629 bits per heavy atom. The van der Waals surface area contributed by atoms with Crippen LogP contribution in [0.5, 0.6) is 0 Å². The number of hydrogen-bond donors (Lipinski definition) is 4.